The number of nitrogens with one attached hydrogen (secondary N) is 1. The van der Waals surface area contributed by atoms with E-state index in [2.05, 4.69) is 17.5 Å². The summed E-state index contributed by atoms with van der Waals surface area (Å²) in [6.45, 7) is 0.505. The third kappa shape index (κ3) is 3.23. The van der Waals surface area contributed by atoms with Gasteiger partial charge in [-0.25, -0.2) is 0 Å². The lowest BCUT2D eigenvalue weighted by atomic mass is 10.1. The van der Waals surface area contributed by atoms with Gasteiger partial charge in [0.15, 0.2) is 0 Å². The highest BCUT2D eigenvalue weighted by Gasteiger charge is 1.98. The third-order valence-corrected chi connectivity index (χ3v) is 1.66. The Kier molecular flexibility index (Phi) is 3.38. The standard InChI is InChI=1S/C9H13NO2/c11-9(12)6-7-10-8-4-2-1-3-5-8/h2,4-5,10H,1,3,6-7H2,(H,11,12). The minimum absolute atomic E-state index is 0.172. The van der Waals surface area contributed by atoms with Crippen molar-refractivity contribution in [2.75, 3.05) is 6.54 Å². The summed E-state index contributed by atoms with van der Waals surface area (Å²) >= 11 is 0. The first-order chi connectivity index (χ1) is 5.79. The van der Waals surface area contributed by atoms with Crippen molar-refractivity contribution in [1.82, 2.24) is 5.32 Å². The van der Waals surface area contributed by atoms with Crippen LogP contribution in [0.2, 0.25) is 0 Å². The summed E-state index contributed by atoms with van der Waals surface area (Å²) in [7, 11) is 0. The van der Waals surface area contributed by atoms with Crippen molar-refractivity contribution in [3.8, 4) is 0 Å². The second-order valence-electron chi connectivity index (χ2n) is 2.71. The van der Waals surface area contributed by atoms with Crippen molar-refractivity contribution in [1.29, 1.82) is 0 Å². The zero-order chi connectivity index (χ0) is 8.81. The van der Waals surface area contributed by atoms with E-state index in [1.165, 1.54) is 0 Å². The van der Waals surface area contributed by atoms with Gasteiger partial charge in [-0.1, -0.05) is 12.2 Å². The van der Waals surface area contributed by atoms with Gasteiger partial charge < -0.3 is 10.4 Å². The molecule has 0 heterocycles. The molecular formula is C9H13NO2. The summed E-state index contributed by atoms with van der Waals surface area (Å²) < 4.78 is 0. The lowest BCUT2D eigenvalue weighted by molar-refractivity contribution is -0.136. The minimum atomic E-state index is -0.761. The van der Waals surface area contributed by atoms with Gasteiger partial charge in [0.25, 0.3) is 0 Å². The molecule has 3 nitrogen and oxygen atoms in total. The Labute approximate surface area is 71.8 Å². The number of carbonyl (C=O) groups is 1. The van der Waals surface area contributed by atoms with Crippen LogP contribution in [0, 0.1) is 0 Å². The number of carboxylic acids is 1. The molecule has 0 amide bonds. The molecular weight excluding hydrogens is 154 g/mol. The Hall–Kier alpha value is -1.25. The number of rotatable bonds is 4. The molecule has 0 aromatic heterocycles. The van der Waals surface area contributed by atoms with Gasteiger partial charge >= 0.3 is 5.97 Å². The Balaban J connectivity index is 2.18. The van der Waals surface area contributed by atoms with E-state index in [1.807, 2.05) is 6.08 Å². The number of carboxylic acid groups (broad SMARTS) is 1. The van der Waals surface area contributed by atoms with E-state index in [4.69, 9.17) is 5.11 Å². The average Bonchev–Trinajstić information content (AvgIpc) is 2.05. The maximum Gasteiger partial charge on any atom is 0.305 e. The summed E-state index contributed by atoms with van der Waals surface area (Å²) in [5.74, 6) is -0.761. The molecule has 0 unspecified atom stereocenters. The van der Waals surface area contributed by atoms with E-state index in [9.17, 15) is 4.79 Å². The molecule has 0 bridgehead atoms. The van der Waals surface area contributed by atoms with E-state index in [0.717, 1.165) is 18.5 Å². The first kappa shape index (κ1) is 8.84. The maximum atomic E-state index is 10.2. The van der Waals surface area contributed by atoms with Crippen molar-refractivity contribution in [3.63, 3.8) is 0 Å². The van der Waals surface area contributed by atoms with Gasteiger partial charge in [-0.05, 0) is 18.9 Å². The Bertz CT molecular complexity index is 219. The molecule has 0 saturated carbocycles. The van der Waals surface area contributed by atoms with Gasteiger partial charge in [0.1, 0.15) is 0 Å². The Morgan fingerprint density at radius 2 is 2.42 bits per heavy atom. The topological polar surface area (TPSA) is 49.3 Å². The first-order valence-corrected chi connectivity index (χ1v) is 4.11. The van der Waals surface area contributed by atoms with Crippen LogP contribution in [0.3, 0.4) is 0 Å². The smallest absolute Gasteiger partial charge is 0.305 e. The Morgan fingerprint density at radius 3 is 3.00 bits per heavy atom. The normalized spacial score (nSPS) is 15.5. The second kappa shape index (κ2) is 4.59. The van der Waals surface area contributed by atoms with Crippen LogP contribution in [0.1, 0.15) is 19.3 Å². The van der Waals surface area contributed by atoms with Gasteiger partial charge in [0, 0.05) is 12.2 Å². The highest BCUT2D eigenvalue weighted by atomic mass is 16.4. The van der Waals surface area contributed by atoms with E-state index >= 15 is 0 Å². The molecule has 0 aromatic rings. The van der Waals surface area contributed by atoms with Crippen LogP contribution >= 0.6 is 0 Å². The molecule has 0 atom stereocenters. The minimum Gasteiger partial charge on any atom is -0.481 e. The van der Waals surface area contributed by atoms with Gasteiger partial charge in [-0.15, -0.1) is 0 Å². The van der Waals surface area contributed by atoms with Crippen LogP contribution in [0.25, 0.3) is 0 Å². The lowest BCUT2D eigenvalue weighted by Crippen LogP contribution is -2.17. The fourth-order valence-electron chi connectivity index (χ4n) is 1.06. The van der Waals surface area contributed by atoms with E-state index in [0.29, 0.717) is 6.54 Å². The first-order valence-electron chi connectivity index (χ1n) is 4.11. The molecule has 2 N–H and O–H groups in total. The monoisotopic (exact) mass is 167 g/mol. The fraction of sp³-hybridized carbons (Fsp3) is 0.444. The van der Waals surface area contributed by atoms with Crippen LogP contribution in [0.15, 0.2) is 23.9 Å². The molecule has 1 aliphatic rings. The molecule has 0 aliphatic heterocycles. The summed E-state index contributed by atoms with van der Waals surface area (Å²) in [5.41, 5.74) is 1.04. The maximum absolute atomic E-state index is 10.2. The molecule has 66 valence electrons. The van der Waals surface area contributed by atoms with Crippen LogP contribution in [-0.4, -0.2) is 17.6 Å². The van der Waals surface area contributed by atoms with Crippen LogP contribution in [0.5, 0.6) is 0 Å². The molecule has 0 radical (unpaired) electrons. The van der Waals surface area contributed by atoms with E-state index < -0.39 is 5.97 Å². The molecule has 0 fully saturated rings. The number of hydrogen-bond donors (Lipinski definition) is 2. The van der Waals surface area contributed by atoms with Crippen molar-refractivity contribution in [3.05, 3.63) is 23.9 Å². The van der Waals surface area contributed by atoms with Gasteiger partial charge in [-0.2, -0.15) is 0 Å². The summed E-state index contributed by atoms with van der Waals surface area (Å²) in [6, 6.07) is 0. The summed E-state index contributed by atoms with van der Waals surface area (Å²) in [4.78, 5) is 10.2. The van der Waals surface area contributed by atoms with Crippen LogP contribution in [-0.2, 0) is 4.79 Å². The molecule has 0 spiro atoms. The van der Waals surface area contributed by atoms with Gasteiger partial charge in [0.05, 0.1) is 6.42 Å². The SMILES string of the molecule is O=C(O)CCNC1=CCCC=C1. The van der Waals surface area contributed by atoms with Crippen LogP contribution < -0.4 is 5.32 Å². The predicted octanol–water partition coefficient (Wildman–Crippen LogP) is 1.28. The lowest BCUT2D eigenvalue weighted by Gasteiger charge is -2.08. The number of allylic oxidation sites excluding steroid dienone is 3. The summed E-state index contributed by atoms with van der Waals surface area (Å²) in [6.07, 6.45) is 8.47. The zero-order valence-corrected chi connectivity index (χ0v) is 6.92. The second-order valence-corrected chi connectivity index (χ2v) is 2.71. The molecule has 0 saturated heterocycles. The number of aliphatic carboxylic acids is 1. The average molecular weight is 167 g/mol. The molecule has 1 aliphatic carbocycles. The molecule has 12 heavy (non-hydrogen) atoms. The van der Waals surface area contributed by atoms with Crippen LogP contribution in [0.4, 0.5) is 0 Å². The summed E-state index contributed by atoms with van der Waals surface area (Å²) in [5, 5.41) is 11.4. The van der Waals surface area contributed by atoms with Crippen molar-refractivity contribution in [2.45, 2.75) is 19.3 Å². The zero-order valence-electron chi connectivity index (χ0n) is 6.92. The van der Waals surface area contributed by atoms with Gasteiger partial charge in [0.2, 0.25) is 0 Å². The fourth-order valence-corrected chi connectivity index (χ4v) is 1.06. The van der Waals surface area contributed by atoms with Crippen molar-refractivity contribution in [2.24, 2.45) is 0 Å². The predicted molar refractivity (Wildman–Crippen MR) is 46.7 cm³/mol. The molecule has 1 rings (SSSR count). The third-order valence-electron chi connectivity index (χ3n) is 1.66. The largest absolute Gasteiger partial charge is 0.481 e. The quantitative estimate of drug-likeness (QED) is 0.663. The molecule has 3 heteroatoms. The van der Waals surface area contributed by atoms with Crippen molar-refractivity contribution >= 4 is 5.97 Å². The highest BCUT2D eigenvalue weighted by molar-refractivity contribution is 5.66. The highest BCUT2D eigenvalue weighted by Crippen LogP contribution is 2.06. The molecule has 0 aromatic carbocycles. The van der Waals surface area contributed by atoms with E-state index in [-0.39, 0.29) is 6.42 Å². The Morgan fingerprint density at radius 1 is 1.58 bits per heavy atom. The number of hydrogen-bond acceptors (Lipinski definition) is 2. The van der Waals surface area contributed by atoms with Gasteiger partial charge in [-0.3, -0.25) is 4.79 Å². The van der Waals surface area contributed by atoms with Crippen molar-refractivity contribution < 1.29 is 9.90 Å². The van der Waals surface area contributed by atoms with E-state index in [1.54, 1.807) is 0 Å².